The summed E-state index contributed by atoms with van der Waals surface area (Å²) in [5, 5.41) is 10.1. The molecule has 2 heterocycles. The van der Waals surface area contributed by atoms with Gasteiger partial charge in [-0.3, -0.25) is 9.59 Å². The molecule has 0 aliphatic heterocycles. The average molecular weight is 411 g/mol. The smallest absolute Gasteiger partial charge is 0.201 e. The number of aldehydes is 1. The number of rotatable bonds is 4. The van der Waals surface area contributed by atoms with E-state index in [0.717, 1.165) is 18.2 Å². The second-order valence-corrected chi connectivity index (χ2v) is 6.49. The highest BCUT2D eigenvalue weighted by Gasteiger charge is 2.24. The van der Waals surface area contributed by atoms with Crippen molar-refractivity contribution in [2.45, 2.75) is 0 Å². The van der Waals surface area contributed by atoms with Crippen LogP contribution in [0.5, 0.6) is 5.75 Å². The van der Waals surface area contributed by atoms with Crippen LogP contribution in [0.15, 0.2) is 42.7 Å². The molecule has 0 saturated carbocycles. The van der Waals surface area contributed by atoms with Crippen molar-refractivity contribution < 1.29 is 27.9 Å². The quantitative estimate of drug-likeness (QED) is 0.267. The summed E-state index contributed by atoms with van der Waals surface area (Å²) in [6, 6.07) is 5.55. The molecule has 2 aromatic carbocycles. The highest BCUT2D eigenvalue weighted by molar-refractivity contribution is 6.16. The number of hydrogen-bond donors (Lipinski definition) is 3. The number of phenols is 1. The highest BCUT2D eigenvalue weighted by atomic mass is 19.1. The molecule has 0 atom stereocenters. The Kier molecular flexibility index (Phi) is 4.50. The van der Waals surface area contributed by atoms with Gasteiger partial charge in [-0.1, -0.05) is 0 Å². The van der Waals surface area contributed by atoms with Crippen molar-refractivity contribution >= 4 is 28.8 Å². The zero-order valence-electron chi connectivity index (χ0n) is 15.0. The third-order valence-corrected chi connectivity index (χ3v) is 4.68. The molecule has 0 aliphatic carbocycles. The molecule has 0 spiro atoms. The van der Waals surface area contributed by atoms with Crippen LogP contribution in [0.1, 0.15) is 26.3 Å². The Morgan fingerprint density at radius 1 is 1.10 bits per heavy atom. The maximum Gasteiger partial charge on any atom is 0.201 e. The van der Waals surface area contributed by atoms with Crippen LogP contribution in [0.2, 0.25) is 0 Å². The fourth-order valence-corrected chi connectivity index (χ4v) is 3.15. The van der Waals surface area contributed by atoms with Gasteiger partial charge in [-0.05, 0) is 35.9 Å². The summed E-state index contributed by atoms with van der Waals surface area (Å²) in [7, 11) is 0. The van der Waals surface area contributed by atoms with Crippen LogP contribution in [-0.2, 0) is 0 Å². The zero-order valence-corrected chi connectivity index (χ0v) is 15.0. The van der Waals surface area contributed by atoms with Crippen molar-refractivity contribution in [3.8, 4) is 16.9 Å². The van der Waals surface area contributed by atoms with Gasteiger partial charge in [0.15, 0.2) is 12.1 Å². The molecule has 0 unspecified atom stereocenters. The van der Waals surface area contributed by atoms with E-state index in [1.54, 1.807) is 0 Å². The van der Waals surface area contributed by atoms with Gasteiger partial charge in [0.25, 0.3) is 0 Å². The Labute approximate surface area is 166 Å². The third-order valence-electron chi connectivity index (χ3n) is 4.68. The first kappa shape index (κ1) is 19.2. The standard InChI is InChI=1S/C21H12F3N3O3/c22-14-1-2-16(25)19(24)18(14)20(30)12-7-27-21-11(12)3-10(6-26-21)9-4-15(23)13(8-28)17(29)5-9/h1-8,29H,25H2,(H,26,27). The monoisotopic (exact) mass is 411 g/mol. The van der Waals surface area contributed by atoms with E-state index in [4.69, 9.17) is 5.73 Å². The summed E-state index contributed by atoms with van der Waals surface area (Å²) in [6.07, 6.45) is 2.79. The van der Waals surface area contributed by atoms with Gasteiger partial charge in [-0.25, -0.2) is 18.2 Å². The van der Waals surface area contributed by atoms with Gasteiger partial charge in [-0.15, -0.1) is 0 Å². The van der Waals surface area contributed by atoms with Gasteiger partial charge in [0, 0.05) is 28.9 Å². The first-order valence-corrected chi connectivity index (χ1v) is 8.55. The number of hydrogen-bond acceptors (Lipinski definition) is 5. The summed E-state index contributed by atoms with van der Waals surface area (Å²) in [5.74, 6) is -4.69. The van der Waals surface area contributed by atoms with E-state index in [9.17, 15) is 27.9 Å². The number of fused-ring (bicyclic) bond motifs is 1. The number of pyridine rings is 1. The lowest BCUT2D eigenvalue weighted by atomic mass is 9.99. The minimum atomic E-state index is -1.17. The zero-order chi connectivity index (χ0) is 21.6. The number of aromatic amines is 1. The Morgan fingerprint density at radius 3 is 2.57 bits per heavy atom. The normalized spacial score (nSPS) is 11.0. The van der Waals surface area contributed by atoms with Crippen molar-refractivity contribution in [3.05, 3.63) is 76.9 Å². The molecule has 6 nitrogen and oxygen atoms in total. The lowest BCUT2D eigenvalue weighted by molar-refractivity contribution is 0.103. The van der Waals surface area contributed by atoms with Crippen molar-refractivity contribution in [3.63, 3.8) is 0 Å². The maximum absolute atomic E-state index is 14.3. The van der Waals surface area contributed by atoms with Gasteiger partial charge >= 0.3 is 0 Å². The van der Waals surface area contributed by atoms with Gasteiger partial charge in [-0.2, -0.15) is 0 Å². The summed E-state index contributed by atoms with van der Waals surface area (Å²) >= 11 is 0. The number of nitrogens with two attached hydrogens (primary N) is 1. The number of aromatic hydroxyl groups is 1. The molecule has 0 fully saturated rings. The second kappa shape index (κ2) is 7.03. The molecular weight excluding hydrogens is 399 g/mol. The van der Waals surface area contributed by atoms with E-state index >= 15 is 0 Å². The minimum Gasteiger partial charge on any atom is -0.507 e. The fourth-order valence-electron chi connectivity index (χ4n) is 3.15. The predicted molar refractivity (Wildman–Crippen MR) is 103 cm³/mol. The number of carbonyl (C=O) groups excluding carboxylic acids is 2. The van der Waals surface area contributed by atoms with Crippen molar-refractivity contribution in [2.24, 2.45) is 0 Å². The van der Waals surface area contributed by atoms with Gasteiger partial charge in [0.1, 0.15) is 23.0 Å². The number of carbonyl (C=O) groups is 2. The van der Waals surface area contributed by atoms with Crippen molar-refractivity contribution in [1.82, 2.24) is 9.97 Å². The van der Waals surface area contributed by atoms with Crippen LogP contribution in [0.3, 0.4) is 0 Å². The first-order valence-electron chi connectivity index (χ1n) is 8.55. The van der Waals surface area contributed by atoms with Crippen LogP contribution in [-0.4, -0.2) is 27.1 Å². The van der Waals surface area contributed by atoms with Gasteiger partial charge < -0.3 is 15.8 Å². The van der Waals surface area contributed by atoms with E-state index in [2.05, 4.69) is 9.97 Å². The molecule has 0 saturated heterocycles. The molecule has 9 heteroatoms. The van der Waals surface area contributed by atoms with Gasteiger partial charge in [0.05, 0.1) is 16.8 Å². The third kappa shape index (κ3) is 2.96. The number of anilines is 1. The Hall–Kier alpha value is -4.14. The summed E-state index contributed by atoms with van der Waals surface area (Å²) in [6.45, 7) is 0. The number of aromatic nitrogens is 2. The van der Waals surface area contributed by atoms with E-state index in [1.165, 1.54) is 24.5 Å². The average Bonchev–Trinajstić information content (AvgIpc) is 3.14. The summed E-state index contributed by atoms with van der Waals surface area (Å²) < 4.78 is 42.5. The van der Waals surface area contributed by atoms with Crippen LogP contribution in [0.4, 0.5) is 18.9 Å². The minimum absolute atomic E-state index is 0.0723. The van der Waals surface area contributed by atoms with Crippen LogP contribution >= 0.6 is 0 Å². The fraction of sp³-hybridized carbons (Fsp3) is 0. The van der Waals surface area contributed by atoms with E-state index in [-0.39, 0.29) is 34.1 Å². The molecule has 0 amide bonds. The first-order chi connectivity index (χ1) is 14.3. The van der Waals surface area contributed by atoms with E-state index in [1.807, 2.05) is 0 Å². The Balaban J connectivity index is 1.87. The number of H-pyrrole nitrogens is 1. The molecule has 2 aromatic heterocycles. The number of nitrogen functional groups attached to an aromatic ring is 1. The molecule has 0 radical (unpaired) electrons. The van der Waals surface area contributed by atoms with Crippen molar-refractivity contribution in [2.75, 3.05) is 5.73 Å². The Bertz CT molecular complexity index is 1330. The lowest BCUT2D eigenvalue weighted by Gasteiger charge is -2.07. The lowest BCUT2D eigenvalue weighted by Crippen LogP contribution is -2.09. The molecular formula is C21H12F3N3O3. The number of nitrogens with one attached hydrogen (secondary N) is 1. The molecule has 4 aromatic rings. The SMILES string of the molecule is Nc1ccc(F)c(C(=O)c2c[nH]c3ncc(-c4cc(O)c(C=O)c(F)c4)cc23)c1F. The van der Waals surface area contributed by atoms with Crippen LogP contribution in [0, 0.1) is 17.5 Å². The van der Waals surface area contributed by atoms with Crippen molar-refractivity contribution in [1.29, 1.82) is 0 Å². The number of ketones is 1. The molecule has 0 aliphatic rings. The largest absolute Gasteiger partial charge is 0.507 e. The van der Waals surface area contributed by atoms with Crippen LogP contribution in [0.25, 0.3) is 22.2 Å². The topological polar surface area (TPSA) is 109 Å². The predicted octanol–water partition coefficient (Wildman–Crippen LogP) is 3.98. The van der Waals surface area contributed by atoms with E-state index < -0.39 is 40.1 Å². The molecule has 30 heavy (non-hydrogen) atoms. The number of benzene rings is 2. The molecule has 150 valence electrons. The molecule has 4 rings (SSSR count). The molecule has 0 bridgehead atoms. The summed E-state index contributed by atoms with van der Waals surface area (Å²) in [4.78, 5) is 30.5. The number of nitrogens with zero attached hydrogens (tertiary/aromatic N) is 1. The second-order valence-electron chi connectivity index (χ2n) is 6.49. The van der Waals surface area contributed by atoms with Crippen LogP contribution < -0.4 is 5.73 Å². The number of halogens is 3. The van der Waals surface area contributed by atoms with E-state index in [0.29, 0.717) is 5.56 Å². The molecule has 4 N–H and O–H groups in total. The summed E-state index contributed by atoms with van der Waals surface area (Å²) in [5.41, 5.74) is 4.45. The number of phenolic OH excluding ortho intramolecular Hbond substituents is 1. The maximum atomic E-state index is 14.3. The van der Waals surface area contributed by atoms with Gasteiger partial charge in [0.2, 0.25) is 5.78 Å². The Morgan fingerprint density at radius 2 is 1.87 bits per heavy atom. The highest BCUT2D eigenvalue weighted by Crippen LogP contribution is 2.31.